The molecule has 0 bridgehead atoms. The summed E-state index contributed by atoms with van der Waals surface area (Å²) in [5, 5.41) is 13.7. The minimum Gasteiger partial charge on any atom is -0.352 e. The van der Waals surface area contributed by atoms with E-state index in [-0.39, 0.29) is 5.91 Å². The van der Waals surface area contributed by atoms with Gasteiger partial charge in [0.25, 0.3) is 5.91 Å². The number of amides is 1. The second-order valence-corrected chi connectivity index (χ2v) is 5.53. The fraction of sp³-hybridized carbons (Fsp3) is 0.375. The van der Waals surface area contributed by atoms with E-state index in [2.05, 4.69) is 26.9 Å². The SMILES string of the molecule is O=C(NCCC1=CCCCC1)c1ccc(F)cc1-n1cnnn1. The first-order valence-electron chi connectivity index (χ1n) is 7.73. The van der Waals surface area contributed by atoms with E-state index in [4.69, 9.17) is 0 Å². The first-order valence-corrected chi connectivity index (χ1v) is 7.73. The number of hydrogen-bond donors (Lipinski definition) is 1. The summed E-state index contributed by atoms with van der Waals surface area (Å²) >= 11 is 0. The normalized spacial score (nSPS) is 14.4. The largest absolute Gasteiger partial charge is 0.352 e. The van der Waals surface area contributed by atoms with Gasteiger partial charge in [0.05, 0.1) is 11.3 Å². The molecule has 0 fully saturated rings. The van der Waals surface area contributed by atoms with Crippen molar-refractivity contribution in [1.82, 2.24) is 25.5 Å². The van der Waals surface area contributed by atoms with Crippen LogP contribution in [0.1, 0.15) is 42.5 Å². The lowest BCUT2D eigenvalue weighted by Crippen LogP contribution is -2.26. The third-order valence-electron chi connectivity index (χ3n) is 3.92. The zero-order valence-electron chi connectivity index (χ0n) is 12.7. The molecule has 6 nitrogen and oxygen atoms in total. The average molecular weight is 315 g/mol. The monoisotopic (exact) mass is 315 g/mol. The number of aromatic nitrogens is 4. The van der Waals surface area contributed by atoms with Gasteiger partial charge in [-0.05, 0) is 54.7 Å². The van der Waals surface area contributed by atoms with E-state index >= 15 is 0 Å². The summed E-state index contributed by atoms with van der Waals surface area (Å²) < 4.78 is 14.8. The lowest BCUT2D eigenvalue weighted by molar-refractivity contribution is 0.0954. The zero-order chi connectivity index (χ0) is 16.1. The Bertz CT molecular complexity index is 711. The van der Waals surface area contributed by atoms with Gasteiger partial charge in [0.1, 0.15) is 12.1 Å². The number of carbonyl (C=O) groups excluding carboxylic acids is 1. The summed E-state index contributed by atoms with van der Waals surface area (Å²) in [4.78, 5) is 12.4. The number of benzene rings is 1. The smallest absolute Gasteiger partial charge is 0.253 e. The van der Waals surface area contributed by atoms with Crippen molar-refractivity contribution in [1.29, 1.82) is 0 Å². The van der Waals surface area contributed by atoms with Crippen LogP contribution in [0.25, 0.3) is 5.69 Å². The van der Waals surface area contributed by atoms with Gasteiger partial charge in [-0.25, -0.2) is 4.39 Å². The van der Waals surface area contributed by atoms with Gasteiger partial charge in [-0.15, -0.1) is 5.10 Å². The van der Waals surface area contributed by atoms with Gasteiger partial charge in [0.15, 0.2) is 0 Å². The number of rotatable bonds is 5. The van der Waals surface area contributed by atoms with Crippen LogP contribution >= 0.6 is 0 Å². The van der Waals surface area contributed by atoms with Crippen molar-refractivity contribution < 1.29 is 9.18 Å². The standard InChI is InChI=1S/C16H18FN5O/c17-13-6-7-14(15(10-13)22-11-19-20-21-22)16(23)18-9-8-12-4-2-1-3-5-12/h4,6-7,10-11H,1-3,5,8-9H2,(H,18,23). The molecule has 0 aliphatic heterocycles. The number of halogens is 1. The first-order chi connectivity index (χ1) is 11.2. The predicted molar refractivity (Wildman–Crippen MR) is 82.6 cm³/mol. The molecular formula is C16H18FN5O. The van der Waals surface area contributed by atoms with Gasteiger partial charge in [0, 0.05) is 12.6 Å². The Kier molecular flexibility index (Phi) is 4.75. The molecule has 2 aromatic rings. The fourth-order valence-electron chi connectivity index (χ4n) is 2.72. The Morgan fingerprint density at radius 2 is 2.26 bits per heavy atom. The summed E-state index contributed by atoms with van der Waals surface area (Å²) in [5.74, 6) is -0.702. The lowest BCUT2D eigenvalue weighted by atomic mass is 9.97. The topological polar surface area (TPSA) is 72.7 Å². The summed E-state index contributed by atoms with van der Waals surface area (Å²) in [6, 6.07) is 3.95. The molecule has 0 atom stereocenters. The van der Waals surface area contributed by atoms with Gasteiger partial charge >= 0.3 is 0 Å². The number of nitrogens with one attached hydrogen (secondary N) is 1. The first kappa shape index (κ1) is 15.3. The van der Waals surface area contributed by atoms with Crippen molar-refractivity contribution in [2.75, 3.05) is 6.54 Å². The number of hydrogen-bond acceptors (Lipinski definition) is 4. The van der Waals surface area contributed by atoms with E-state index in [1.807, 2.05) is 0 Å². The second-order valence-electron chi connectivity index (χ2n) is 5.53. The summed E-state index contributed by atoms with van der Waals surface area (Å²) in [5.41, 5.74) is 2.07. The third kappa shape index (κ3) is 3.80. The maximum absolute atomic E-state index is 13.5. The number of allylic oxidation sites excluding steroid dienone is 1. The van der Waals surface area contributed by atoms with Crippen molar-refractivity contribution >= 4 is 5.91 Å². The Hall–Kier alpha value is -2.57. The van der Waals surface area contributed by atoms with E-state index in [1.54, 1.807) is 0 Å². The highest BCUT2D eigenvalue weighted by Crippen LogP contribution is 2.20. The van der Waals surface area contributed by atoms with Crippen molar-refractivity contribution in [3.05, 3.63) is 47.6 Å². The molecule has 1 amide bonds. The van der Waals surface area contributed by atoms with Gasteiger partial charge in [-0.1, -0.05) is 11.6 Å². The molecule has 1 N–H and O–H groups in total. The molecular weight excluding hydrogens is 297 g/mol. The van der Waals surface area contributed by atoms with E-state index in [0.29, 0.717) is 17.8 Å². The molecule has 1 aromatic heterocycles. The predicted octanol–water partition coefficient (Wildman–Crippen LogP) is 2.42. The molecule has 3 rings (SSSR count). The number of carbonyl (C=O) groups is 1. The van der Waals surface area contributed by atoms with E-state index in [0.717, 1.165) is 19.3 Å². The maximum Gasteiger partial charge on any atom is 0.253 e. The molecule has 1 aromatic carbocycles. The van der Waals surface area contributed by atoms with Crippen LogP contribution in [-0.4, -0.2) is 32.7 Å². The van der Waals surface area contributed by atoms with Gasteiger partial charge in [0.2, 0.25) is 0 Å². The van der Waals surface area contributed by atoms with E-state index < -0.39 is 5.82 Å². The molecule has 1 aliphatic rings. The lowest BCUT2D eigenvalue weighted by Gasteiger charge is -2.13. The van der Waals surface area contributed by atoms with Crippen LogP contribution in [0.3, 0.4) is 0 Å². The average Bonchev–Trinajstić information content (AvgIpc) is 3.10. The highest BCUT2D eigenvalue weighted by molar-refractivity contribution is 5.97. The Labute approximate surface area is 133 Å². The molecule has 23 heavy (non-hydrogen) atoms. The van der Waals surface area contributed by atoms with Gasteiger partial charge in [-0.2, -0.15) is 4.68 Å². The summed E-state index contributed by atoms with van der Waals surface area (Å²) in [6.07, 6.45) is 9.17. The third-order valence-corrected chi connectivity index (χ3v) is 3.92. The van der Waals surface area contributed by atoms with Crippen molar-refractivity contribution in [2.45, 2.75) is 32.1 Å². The maximum atomic E-state index is 13.5. The molecule has 0 saturated heterocycles. The van der Waals surface area contributed by atoms with Crippen molar-refractivity contribution in [3.63, 3.8) is 0 Å². The summed E-state index contributed by atoms with van der Waals surface area (Å²) in [7, 11) is 0. The summed E-state index contributed by atoms with van der Waals surface area (Å²) in [6.45, 7) is 0.567. The molecule has 1 aliphatic carbocycles. The zero-order valence-corrected chi connectivity index (χ0v) is 12.7. The Morgan fingerprint density at radius 1 is 1.35 bits per heavy atom. The molecule has 0 radical (unpaired) electrons. The number of tetrazole rings is 1. The van der Waals surface area contributed by atoms with Gasteiger partial charge in [-0.3, -0.25) is 4.79 Å². The van der Waals surface area contributed by atoms with Crippen LogP contribution in [0, 0.1) is 5.82 Å². The molecule has 1 heterocycles. The fourth-order valence-corrected chi connectivity index (χ4v) is 2.72. The van der Waals surface area contributed by atoms with Gasteiger partial charge < -0.3 is 5.32 Å². The highest BCUT2D eigenvalue weighted by atomic mass is 19.1. The minimum absolute atomic E-state index is 0.257. The molecule has 0 spiro atoms. The Morgan fingerprint density at radius 3 is 3.00 bits per heavy atom. The van der Waals surface area contributed by atoms with E-state index in [9.17, 15) is 9.18 Å². The highest BCUT2D eigenvalue weighted by Gasteiger charge is 2.15. The molecule has 0 saturated carbocycles. The minimum atomic E-state index is -0.445. The van der Waals surface area contributed by atoms with Crippen molar-refractivity contribution in [2.24, 2.45) is 0 Å². The van der Waals surface area contributed by atoms with Crippen LogP contribution < -0.4 is 5.32 Å². The van der Waals surface area contributed by atoms with E-state index in [1.165, 1.54) is 47.6 Å². The van der Waals surface area contributed by atoms with Crippen LogP contribution in [0.5, 0.6) is 0 Å². The van der Waals surface area contributed by atoms with Crippen LogP contribution in [0.15, 0.2) is 36.2 Å². The Balaban J connectivity index is 1.68. The van der Waals surface area contributed by atoms with Crippen LogP contribution in [0.2, 0.25) is 0 Å². The van der Waals surface area contributed by atoms with Crippen LogP contribution in [0.4, 0.5) is 4.39 Å². The second kappa shape index (κ2) is 7.13. The molecule has 120 valence electrons. The quantitative estimate of drug-likeness (QED) is 0.860. The molecule has 7 heteroatoms. The molecule has 0 unspecified atom stereocenters. The number of nitrogens with zero attached hydrogens (tertiary/aromatic N) is 4. The van der Waals surface area contributed by atoms with Crippen LogP contribution in [-0.2, 0) is 0 Å². The van der Waals surface area contributed by atoms with Crippen molar-refractivity contribution in [3.8, 4) is 5.69 Å².